The van der Waals surface area contributed by atoms with Crippen LogP contribution in [0, 0.1) is 0 Å². The lowest BCUT2D eigenvalue weighted by molar-refractivity contribution is -0.127. The summed E-state index contributed by atoms with van der Waals surface area (Å²) in [4.78, 5) is 39.5. The fourth-order valence-corrected chi connectivity index (χ4v) is 3.78. The van der Waals surface area contributed by atoms with Crippen molar-refractivity contribution in [3.8, 4) is 5.75 Å². The zero-order chi connectivity index (χ0) is 22.0. The van der Waals surface area contributed by atoms with E-state index in [4.69, 9.17) is 4.74 Å². The number of nitrogens with one attached hydrogen (secondary N) is 1. The van der Waals surface area contributed by atoms with Crippen LogP contribution in [-0.2, 0) is 9.59 Å². The molecule has 3 aromatic rings. The molecule has 2 amide bonds. The second-order valence-electron chi connectivity index (χ2n) is 7.62. The fourth-order valence-electron chi connectivity index (χ4n) is 3.78. The minimum absolute atomic E-state index is 0.00321. The van der Waals surface area contributed by atoms with Crippen LogP contribution >= 0.6 is 0 Å². The Kier molecular flexibility index (Phi) is 5.71. The van der Waals surface area contributed by atoms with Crippen LogP contribution < -0.4 is 15.0 Å². The molecule has 1 aliphatic heterocycles. The molecule has 1 unspecified atom stereocenters. The van der Waals surface area contributed by atoms with Gasteiger partial charge < -0.3 is 10.1 Å². The van der Waals surface area contributed by atoms with E-state index in [-0.39, 0.29) is 24.1 Å². The summed E-state index contributed by atoms with van der Waals surface area (Å²) in [5.41, 5.74) is 1.63. The van der Waals surface area contributed by atoms with Crippen LogP contribution in [0.4, 0.5) is 11.4 Å². The van der Waals surface area contributed by atoms with Crippen molar-refractivity contribution < 1.29 is 19.1 Å². The predicted octanol–water partition coefficient (Wildman–Crippen LogP) is 4.58. The Bertz CT molecular complexity index is 1170. The van der Waals surface area contributed by atoms with E-state index in [2.05, 4.69) is 5.32 Å². The maximum Gasteiger partial charge on any atom is 0.268 e. The lowest BCUT2D eigenvalue weighted by Gasteiger charge is -2.33. The molecule has 1 N–H and O–H groups in total. The number of Topliss-reactive ketones (excluding diaryl/α,β-unsaturated/α-hetero) is 1. The number of ether oxygens (including phenoxy) is 1. The molecule has 0 fully saturated rings. The Hall–Kier alpha value is -3.67. The number of ketones is 1. The average molecular weight is 416 g/mol. The minimum atomic E-state index is -0.713. The number of carbonyl (C=O) groups is 3. The number of hydrogen-bond acceptors (Lipinski definition) is 4. The van der Waals surface area contributed by atoms with Gasteiger partial charge in [-0.05, 0) is 43.0 Å². The van der Waals surface area contributed by atoms with Gasteiger partial charge in [0.1, 0.15) is 12.3 Å². The summed E-state index contributed by atoms with van der Waals surface area (Å²) in [5, 5.41) is 4.85. The first kappa shape index (κ1) is 20.6. The van der Waals surface area contributed by atoms with Crippen LogP contribution in [0.3, 0.4) is 0 Å². The molecule has 6 nitrogen and oxygen atoms in total. The van der Waals surface area contributed by atoms with Crippen molar-refractivity contribution in [3.05, 3.63) is 66.2 Å². The van der Waals surface area contributed by atoms with E-state index in [1.54, 1.807) is 25.1 Å². The summed E-state index contributed by atoms with van der Waals surface area (Å²) in [6.45, 7) is 3.42. The normalized spacial score (nSPS) is 15.4. The molecule has 31 heavy (non-hydrogen) atoms. The molecule has 1 aliphatic rings. The Labute approximate surface area is 180 Å². The Morgan fingerprint density at radius 2 is 1.84 bits per heavy atom. The molecule has 6 heteroatoms. The van der Waals surface area contributed by atoms with Crippen molar-refractivity contribution in [2.75, 3.05) is 16.8 Å². The molecule has 0 saturated carbocycles. The summed E-state index contributed by atoms with van der Waals surface area (Å²) in [7, 11) is 0. The third kappa shape index (κ3) is 4.14. The predicted molar refractivity (Wildman–Crippen MR) is 121 cm³/mol. The van der Waals surface area contributed by atoms with Crippen LogP contribution in [0.15, 0.2) is 60.7 Å². The van der Waals surface area contributed by atoms with E-state index in [0.29, 0.717) is 29.1 Å². The van der Waals surface area contributed by atoms with Crippen LogP contribution in [0.5, 0.6) is 5.75 Å². The molecule has 0 aromatic heterocycles. The Morgan fingerprint density at radius 3 is 2.65 bits per heavy atom. The van der Waals surface area contributed by atoms with E-state index in [1.807, 2.05) is 49.4 Å². The van der Waals surface area contributed by atoms with Crippen LogP contribution in [0.2, 0.25) is 0 Å². The van der Waals surface area contributed by atoms with Gasteiger partial charge in [0.25, 0.3) is 5.91 Å². The highest BCUT2D eigenvalue weighted by atomic mass is 16.5. The third-order valence-corrected chi connectivity index (χ3v) is 5.33. The first-order chi connectivity index (χ1) is 15.0. The first-order valence-electron chi connectivity index (χ1n) is 10.4. The van der Waals surface area contributed by atoms with Crippen molar-refractivity contribution in [1.82, 2.24) is 0 Å². The third-order valence-electron chi connectivity index (χ3n) is 5.33. The second-order valence-corrected chi connectivity index (χ2v) is 7.62. The van der Waals surface area contributed by atoms with Gasteiger partial charge >= 0.3 is 0 Å². The molecule has 158 valence electrons. The quantitative estimate of drug-likeness (QED) is 0.597. The summed E-state index contributed by atoms with van der Waals surface area (Å²) in [6, 6.07) is 18.5. The smallest absolute Gasteiger partial charge is 0.268 e. The molecule has 1 atom stereocenters. The van der Waals surface area contributed by atoms with E-state index >= 15 is 0 Å². The number of nitrogens with zero attached hydrogens (tertiary/aromatic N) is 1. The Morgan fingerprint density at radius 1 is 1.06 bits per heavy atom. The maximum atomic E-state index is 12.9. The van der Waals surface area contributed by atoms with Gasteiger partial charge in [-0.25, -0.2) is 0 Å². The first-order valence-corrected chi connectivity index (χ1v) is 10.4. The molecule has 1 heterocycles. The van der Waals surface area contributed by atoms with Crippen molar-refractivity contribution in [2.45, 2.75) is 32.8 Å². The van der Waals surface area contributed by atoms with Gasteiger partial charge in [0, 0.05) is 23.1 Å². The summed E-state index contributed by atoms with van der Waals surface area (Å²) in [6.07, 6.45) is 0.445. The van der Waals surface area contributed by atoms with E-state index in [9.17, 15) is 14.4 Å². The number of fused-ring (bicyclic) bond motifs is 2. The van der Waals surface area contributed by atoms with Crippen molar-refractivity contribution in [1.29, 1.82) is 0 Å². The van der Waals surface area contributed by atoms with Gasteiger partial charge in [0.15, 0.2) is 11.9 Å². The molecular formula is C25H24N2O4. The average Bonchev–Trinajstić information content (AvgIpc) is 2.77. The van der Waals surface area contributed by atoms with Crippen molar-refractivity contribution in [3.63, 3.8) is 0 Å². The number of amides is 2. The molecule has 3 aromatic carbocycles. The van der Waals surface area contributed by atoms with E-state index in [0.717, 1.165) is 17.2 Å². The lowest BCUT2D eigenvalue weighted by atomic mass is 10.0. The highest BCUT2D eigenvalue weighted by Crippen LogP contribution is 2.35. The minimum Gasteiger partial charge on any atom is -0.479 e. The number of rotatable bonds is 6. The van der Waals surface area contributed by atoms with Gasteiger partial charge in [-0.15, -0.1) is 0 Å². The fraction of sp³-hybridized carbons (Fsp3) is 0.240. The highest BCUT2D eigenvalue weighted by molar-refractivity contribution is 6.09. The lowest BCUT2D eigenvalue weighted by Crippen LogP contribution is -2.47. The SMILES string of the molecule is CCCC(=O)c1ccc2c(c1)N(CC(=O)Nc1cccc3ccccc13)C(=O)C(C)O2. The standard InChI is InChI=1S/C25H24N2O4/c1-3-7-22(28)18-12-13-23-21(14-18)27(25(30)16(2)31-23)15-24(29)26-20-11-6-9-17-8-4-5-10-19(17)20/h4-6,8-14,16H,3,7,15H2,1-2H3,(H,26,29). The molecule has 4 rings (SSSR count). The summed E-state index contributed by atoms with van der Waals surface area (Å²) in [5.74, 6) is -0.162. The summed E-state index contributed by atoms with van der Waals surface area (Å²) >= 11 is 0. The molecule has 0 spiro atoms. The van der Waals surface area contributed by atoms with Gasteiger partial charge in [0.05, 0.1) is 5.69 Å². The monoisotopic (exact) mass is 416 g/mol. The largest absolute Gasteiger partial charge is 0.479 e. The summed E-state index contributed by atoms with van der Waals surface area (Å²) < 4.78 is 5.69. The van der Waals surface area contributed by atoms with Gasteiger partial charge in [0.2, 0.25) is 5.91 Å². The van der Waals surface area contributed by atoms with Gasteiger partial charge in [-0.2, -0.15) is 0 Å². The number of hydrogen-bond donors (Lipinski definition) is 1. The molecule has 0 aliphatic carbocycles. The van der Waals surface area contributed by atoms with Gasteiger partial charge in [-0.3, -0.25) is 19.3 Å². The highest BCUT2D eigenvalue weighted by Gasteiger charge is 2.33. The Balaban J connectivity index is 1.61. The molecular weight excluding hydrogens is 392 g/mol. The second kappa shape index (κ2) is 8.60. The van der Waals surface area contributed by atoms with Gasteiger partial charge in [-0.1, -0.05) is 43.3 Å². The van der Waals surface area contributed by atoms with Crippen molar-refractivity contribution >= 4 is 39.7 Å². The topological polar surface area (TPSA) is 75.7 Å². The van der Waals surface area contributed by atoms with E-state index < -0.39 is 6.10 Å². The van der Waals surface area contributed by atoms with Crippen molar-refractivity contribution in [2.24, 2.45) is 0 Å². The molecule has 0 saturated heterocycles. The number of anilines is 2. The molecule has 0 radical (unpaired) electrons. The molecule has 0 bridgehead atoms. The maximum absolute atomic E-state index is 12.9. The zero-order valence-electron chi connectivity index (χ0n) is 17.6. The van der Waals surface area contributed by atoms with E-state index in [1.165, 1.54) is 4.90 Å². The number of benzene rings is 3. The number of carbonyl (C=O) groups excluding carboxylic acids is 3. The van der Waals surface area contributed by atoms with Crippen LogP contribution in [0.25, 0.3) is 10.8 Å². The van der Waals surface area contributed by atoms with Crippen LogP contribution in [-0.4, -0.2) is 30.2 Å². The van der Waals surface area contributed by atoms with Crippen LogP contribution in [0.1, 0.15) is 37.0 Å². The zero-order valence-corrected chi connectivity index (χ0v) is 17.6.